The summed E-state index contributed by atoms with van der Waals surface area (Å²) in [5.74, 6) is 0.564. The molecule has 1 aromatic carbocycles. The zero-order chi connectivity index (χ0) is 15.4. The Labute approximate surface area is 120 Å². The minimum Gasteiger partial charge on any atom is -0.410 e. The average molecular weight is 303 g/mol. The second-order valence-corrected chi connectivity index (χ2v) is 4.66. The molecule has 0 aliphatic rings. The van der Waals surface area contributed by atoms with E-state index in [1.807, 2.05) is 26.0 Å². The summed E-state index contributed by atoms with van der Waals surface area (Å²) in [7, 11) is -0.586. The molecular formula is C13H22NO5P. The van der Waals surface area contributed by atoms with Crippen LogP contribution in [0.4, 0.5) is 4.79 Å². The predicted octanol–water partition coefficient (Wildman–Crippen LogP) is 2.73. The summed E-state index contributed by atoms with van der Waals surface area (Å²) < 4.78 is 9.35. The largest absolute Gasteiger partial charge is 0.412 e. The Morgan fingerprint density at radius 3 is 2.60 bits per heavy atom. The number of carbonyl (C=O) groups is 1. The van der Waals surface area contributed by atoms with Crippen molar-refractivity contribution in [2.24, 2.45) is 0 Å². The highest BCUT2D eigenvalue weighted by Crippen LogP contribution is 2.24. The Bertz CT molecular complexity index is 387. The van der Waals surface area contributed by atoms with E-state index in [1.165, 1.54) is 7.05 Å². The minimum atomic E-state index is -2.11. The molecule has 20 heavy (non-hydrogen) atoms. The molecule has 0 radical (unpaired) electrons. The average Bonchev–Trinajstić information content (AvgIpc) is 2.39. The molecule has 1 amide bonds. The predicted molar refractivity (Wildman–Crippen MR) is 78.5 cm³/mol. The van der Waals surface area contributed by atoms with Crippen LogP contribution in [-0.2, 0) is 4.52 Å². The standard InChI is InChI=1S/C9H11NO2.C4H11O3P/c1-7-4-3-5-8(6-7)12-9(11)10-2;1-2-3-4-7-8(5)6/h3-6H,1-2H3,(H,10,11);5-6H,2-4H2,1H3. The van der Waals surface area contributed by atoms with Crippen LogP contribution in [-0.4, -0.2) is 29.5 Å². The third kappa shape index (κ3) is 10.7. The summed E-state index contributed by atoms with van der Waals surface area (Å²) in [6.07, 6.45) is 1.46. The summed E-state index contributed by atoms with van der Waals surface area (Å²) >= 11 is 0. The number of unbranched alkanes of at least 4 members (excludes halogenated alkanes) is 1. The Balaban J connectivity index is 0.000000396. The topological polar surface area (TPSA) is 88.0 Å². The molecule has 0 saturated heterocycles. The van der Waals surface area contributed by atoms with Crippen LogP contribution in [0.5, 0.6) is 5.75 Å². The SMILES string of the molecule is CCCCOP(O)O.CNC(=O)Oc1cccc(C)c1. The van der Waals surface area contributed by atoms with Crippen molar-refractivity contribution < 1.29 is 23.8 Å². The van der Waals surface area contributed by atoms with Gasteiger partial charge in [0, 0.05) is 7.05 Å². The molecule has 114 valence electrons. The lowest BCUT2D eigenvalue weighted by Crippen LogP contribution is -2.21. The summed E-state index contributed by atoms with van der Waals surface area (Å²) in [6, 6.07) is 7.32. The number of amides is 1. The first-order valence-electron chi connectivity index (χ1n) is 6.26. The summed E-state index contributed by atoms with van der Waals surface area (Å²) in [5, 5.41) is 2.37. The van der Waals surface area contributed by atoms with E-state index < -0.39 is 14.7 Å². The molecule has 3 N–H and O–H groups in total. The van der Waals surface area contributed by atoms with Gasteiger partial charge in [-0.1, -0.05) is 25.5 Å². The van der Waals surface area contributed by atoms with Crippen LogP contribution < -0.4 is 10.1 Å². The van der Waals surface area contributed by atoms with Gasteiger partial charge >= 0.3 is 14.7 Å². The highest BCUT2D eigenvalue weighted by molar-refractivity contribution is 7.39. The van der Waals surface area contributed by atoms with Crippen LogP contribution in [0.2, 0.25) is 0 Å². The number of hydrogen-bond acceptors (Lipinski definition) is 5. The van der Waals surface area contributed by atoms with Gasteiger partial charge in [0.2, 0.25) is 0 Å². The van der Waals surface area contributed by atoms with E-state index in [0.29, 0.717) is 12.4 Å². The van der Waals surface area contributed by atoms with Crippen LogP contribution in [0.1, 0.15) is 25.3 Å². The van der Waals surface area contributed by atoms with Crippen LogP contribution in [0.15, 0.2) is 24.3 Å². The molecule has 0 bridgehead atoms. The molecule has 0 saturated carbocycles. The molecule has 0 aliphatic heterocycles. The lowest BCUT2D eigenvalue weighted by molar-refractivity contribution is 0.203. The Hall–Kier alpha value is -1.20. The van der Waals surface area contributed by atoms with Crippen LogP contribution >= 0.6 is 8.60 Å². The highest BCUT2D eigenvalue weighted by atomic mass is 31.2. The Morgan fingerprint density at radius 1 is 1.40 bits per heavy atom. The first kappa shape index (κ1) is 18.8. The molecule has 0 fully saturated rings. The maximum atomic E-state index is 10.8. The number of carbonyl (C=O) groups excluding carboxylic acids is 1. The fraction of sp³-hybridized carbons (Fsp3) is 0.462. The fourth-order valence-corrected chi connectivity index (χ4v) is 1.42. The van der Waals surface area contributed by atoms with Crippen molar-refractivity contribution in [3.63, 3.8) is 0 Å². The van der Waals surface area contributed by atoms with Crippen molar-refractivity contribution in [3.05, 3.63) is 29.8 Å². The number of ether oxygens (including phenoxy) is 1. The van der Waals surface area contributed by atoms with E-state index in [1.54, 1.807) is 12.1 Å². The van der Waals surface area contributed by atoms with Gasteiger partial charge in [-0.3, -0.25) is 0 Å². The Morgan fingerprint density at radius 2 is 2.10 bits per heavy atom. The normalized spacial score (nSPS) is 9.70. The molecule has 0 atom stereocenters. The van der Waals surface area contributed by atoms with E-state index in [9.17, 15) is 4.79 Å². The van der Waals surface area contributed by atoms with Gasteiger partial charge in [-0.05, 0) is 31.0 Å². The molecule has 0 aliphatic carbocycles. The van der Waals surface area contributed by atoms with Gasteiger partial charge in [0.15, 0.2) is 0 Å². The maximum Gasteiger partial charge on any atom is 0.412 e. The van der Waals surface area contributed by atoms with Crippen molar-refractivity contribution in [1.29, 1.82) is 0 Å². The summed E-state index contributed by atoms with van der Waals surface area (Å²) in [4.78, 5) is 27.1. The molecular weight excluding hydrogens is 281 g/mol. The van der Waals surface area contributed by atoms with Crippen molar-refractivity contribution in [2.45, 2.75) is 26.7 Å². The monoisotopic (exact) mass is 303 g/mol. The molecule has 0 heterocycles. The molecule has 0 spiro atoms. The molecule has 0 aromatic heterocycles. The van der Waals surface area contributed by atoms with Crippen molar-refractivity contribution in [2.75, 3.05) is 13.7 Å². The zero-order valence-electron chi connectivity index (χ0n) is 12.0. The number of nitrogens with one attached hydrogen (secondary N) is 1. The third-order valence-corrected chi connectivity index (χ3v) is 2.52. The second-order valence-electron chi connectivity index (χ2n) is 3.90. The van der Waals surface area contributed by atoms with Gasteiger partial charge in [-0.15, -0.1) is 0 Å². The van der Waals surface area contributed by atoms with Gasteiger partial charge < -0.3 is 24.4 Å². The van der Waals surface area contributed by atoms with E-state index in [4.69, 9.17) is 14.5 Å². The fourth-order valence-electron chi connectivity index (χ4n) is 1.13. The van der Waals surface area contributed by atoms with Gasteiger partial charge in [0.1, 0.15) is 5.75 Å². The molecule has 0 unspecified atom stereocenters. The molecule has 7 heteroatoms. The second kappa shape index (κ2) is 11.6. The minimum absolute atomic E-state index is 0.444. The summed E-state index contributed by atoms with van der Waals surface area (Å²) in [5.41, 5.74) is 1.07. The third-order valence-electron chi connectivity index (χ3n) is 2.11. The Kier molecular flexibility index (Phi) is 10.9. The first-order chi connectivity index (χ1) is 9.49. The quantitative estimate of drug-likeness (QED) is 0.575. The zero-order valence-corrected chi connectivity index (χ0v) is 12.9. The van der Waals surface area contributed by atoms with E-state index >= 15 is 0 Å². The number of rotatable bonds is 5. The lowest BCUT2D eigenvalue weighted by atomic mass is 10.2. The van der Waals surface area contributed by atoms with Crippen molar-refractivity contribution in [1.82, 2.24) is 5.32 Å². The highest BCUT2D eigenvalue weighted by Gasteiger charge is 1.99. The number of aryl methyl sites for hydroxylation is 1. The van der Waals surface area contributed by atoms with E-state index in [0.717, 1.165) is 18.4 Å². The van der Waals surface area contributed by atoms with E-state index in [2.05, 4.69) is 9.84 Å². The molecule has 1 rings (SSSR count). The van der Waals surface area contributed by atoms with Crippen molar-refractivity contribution in [3.8, 4) is 5.75 Å². The first-order valence-corrected chi connectivity index (χ1v) is 7.43. The van der Waals surface area contributed by atoms with Crippen LogP contribution in [0.25, 0.3) is 0 Å². The number of hydrogen-bond donors (Lipinski definition) is 3. The molecule has 6 nitrogen and oxygen atoms in total. The van der Waals surface area contributed by atoms with Crippen LogP contribution in [0, 0.1) is 6.92 Å². The van der Waals surface area contributed by atoms with Crippen LogP contribution in [0.3, 0.4) is 0 Å². The van der Waals surface area contributed by atoms with Gasteiger partial charge in [-0.25, -0.2) is 4.79 Å². The molecule has 1 aromatic rings. The summed E-state index contributed by atoms with van der Waals surface area (Å²) in [6.45, 7) is 4.41. The van der Waals surface area contributed by atoms with Gasteiger partial charge in [0.25, 0.3) is 0 Å². The smallest absolute Gasteiger partial charge is 0.410 e. The van der Waals surface area contributed by atoms with Crippen molar-refractivity contribution >= 4 is 14.7 Å². The van der Waals surface area contributed by atoms with Gasteiger partial charge in [0.05, 0.1) is 6.61 Å². The van der Waals surface area contributed by atoms with Gasteiger partial charge in [-0.2, -0.15) is 0 Å². The number of benzene rings is 1. The maximum absolute atomic E-state index is 10.8. The lowest BCUT2D eigenvalue weighted by Gasteiger charge is -2.02. The van der Waals surface area contributed by atoms with E-state index in [-0.39, 0.29) is 0 Å².